The van der Waals surface area contributed by atoms with Gasteiger partial charge in [0.05, 0.1) is 19.2 Å². The number of carbonyl (C=O) groups is 1. The lowest BCUT2D eigenvalue weighted by Gasteiger charge is -2.19. The largest absolute Gasteiger partial charge is 0.497 e. The predicted molar refractivity (Wildman–Crippen MR) is 97.6 cm³/mol. The second-order valence-electron chi connectivity index (χ2n) is 6.23. The van der Waals surface area contributed by atoms with Crippen molar-refractivity contribution in [2.24, 2.45) is 0 Å². The highest BCUT2D eigenvalue weighted by Gasteiger charge is 2.19. The van der Waals surface area contributed by atoms with Crippen LogP contribution in [0.1, 0.15) is 36.3 Å². The summed E-state index contributed by atoms with van der Waals surface area (Å²) in [7, 11) is 1.66. The minimum absolute atomic E-state index is 0.237. The Balaban J connectivity index is 1.74. The Morgan fingerprint density at radius 2 is 2.00 bits per heavy atom. The van der Waals surface area contributed by atoms with E-state index in [-0.39, 0.29) is 5.91 Å². The molecule has 5 heteroatoms. The van der Waals surface area contributed by atoms with Crippen LogP contribution in [0.3, 0.4) is 0 Å². The zero-order valence-corrected chi connectivity index (χ0v) is 15.2. The van der Waals surface area contributed by atoms with Gasteiger partial charge in [-0.25, -0.2) is 4.98 Å². The quantitative estimate of drug-likeness (QED) is 0.839. The first-order chi connectivity index (χ1) is 11.7. The number of aromatic nitrogens is 1. The smallest absolute Gasteiger partial charge is 0.227 e. The van der Waals surface area contributed by atoms with Crippen molar-refractivity contribution >= 4 is 17.2 Å². The molecule has 1 saturated heterocycles. The summed E-state index contributed by atoms with van der Waals surface area (Å²) in [5, 5.41) is 0.949. The number of rotatable bonds is 4. The minimum atomic E-state index is 0.237. The fourth-order valence-electron chi connectivity index (χ4n) is 3.04. The van der Waals surface area contributed by atoms with Crippen LogP contribution in [0, 0.1) is 6.92 Å². The second kappa shape index (κ2) is 7.79. The first-order valence-corrected chi connectivity index (χ1v) is 9.37. The molecular weight excluding hydrogens is 320 g/mol. The van der Waals surface area contributed by atoms with Crippen LogP contribution in [0.15, 0.2) is 24.3 Å². The summed E-state index contributed by atoms with van der Waals surface area (Å²) in [6.45, 7) is 3.80. The van der Waals surface area contributed by atoms with Gasteiger partial charge >= 0.3 is 0 Å². The summed E-state index contributed by atoms with van der Waals surface area (Å²) in [5.41, 5.74) is 2.00. The lowest BCUT2D eigenvalue weighted by Crippen LogP contribution is -2.33. The fourth-order valence-corrected chi connectivity index (χ4v) is 4.09. The molecular formula is C19H24N2O2S. The summed E-state index contributed by atoms with van der Waals surface area (Å²) in [6.07, 6.45) is 5.20. The molecule has 1 aromatic carbocycles. The number of ether oxygens (including phenoxy) is 1. The maximum Gasteiger partial charge on any atom is 0.227 e. The Labute approximate surface area is 147 Å². The molecule has 2 heterocycles. The molecule has 2 aromatic rings. The molecule has 0 unspecified atom stereocenters. The maximum absolute atomic E-state index is 12.6. The van der Waals surface area contributed by atoms with Crippen LogP contribution in [-0.2, 0) is 11.2 Å². The molecule has 0 atom stereocenters. The van der Waals surface area contributed by atoms with Gasteiger partial charge in [-0.1, -0.05) is 25.0 Å². The molecule has 0 spiro atoms. The molecule has 1 aliphatic heterocycles. The average molecular weight is 344 g/mol. The van der Waals surface area contributed by atoms with Gasteiger partial charge in [-0.3, -0.25) is 4.79 Å². The number of nitrogens with zero attached hydrogens (tertiary/aromatic N) is 2. The van der Waals surface area contributed by atoms with Crippen LogP contribution >= 0.6 is 11.3 Å². The predicted octanol–water partition coefficient (Wildman–Crippen LogP) is 4.07. The molecule has 4 nitrogen and oxygen atoms in total. The van der Waals surface area contributed by atoms with E-state index in [0.717, 1.165) is 52.8 Å². The van der Waals surface area contributed by atoms with Crippen molar-refractivity contribution in [2.75, 3.05) is 20.2 Å². The highest BCUT2D eigenvalue weighted by atomic mass is 32.1. The number of benzene rings is 1. The average Bonchev–Trinajstić information content (AvgIpc) is 2.81. The summed E-state index contributed by atoms with van der Waals surface area (Å²) in [6, 6.07) is 7.90. The summed E-state index contributed by atoms with van der Waals surface area (Å²) in [4.78, 5) is 20.4. The lowest BCUT2D eigenvalue weighted by atomic mass is 10.2. The highest BCUT2D eigenvalue weighted by molar-refractivity contribution is 7.15. The van der Waals surface area contributed by atoms with Gasteiger partial charge in [0, 0.05) is 23.5 Å². The molecule has 1 amide bonds. The third-order valence-corrected chi connectivity index (χ3v) is 5.69. The maximum atomic E-state index is 12.6. The van der Waals surface area contributed by atoms with Crippen molar-refractivity contribution in [1.29, 1.82) is 0 Å². The summed E-state index contributed by atoms with van der Waals surface area (Å²) < 4.78 is 5.29. The van der Waals surface area contributed by atoms with Crippen molar-refractivity contribution in [1.82, 2.24) is 9.88 Å². The molecule has 0 N–H and O–H groups in total. The standard InChI is InChI=1S/C19H24N2O2S/c1-14-17(13-18(22)21-10-5-3-4-6-11-21)24-19(20-14)15-8-7-9-16(12-15)23-2/h7-9,12H,3-6,10-11,13H2,1-2H3. The molecule has 0 saturated carbocycles. The number of hydrogen-bond acceptors (Lipinski definition) is 4. The van der Waals surface area contributed by atoms with Gasteiger partial charge in [0.25, 0.3) is 0 Å². The number of methoxy groups -OCH3 is 1. The van der Waals surface area contributed by atoms with Gasteiger partial charge in [0.1, 0.15) is 10.8 Å². The number of amides is 1. The third kappa shape index (κ3) is 3.96. The third-order valence-electron chi connectivity index (χ3n) is 4.48. The van der Waals surface area contributed by atoms with E-state index in [4.69, 9.17) is 4.74 Å². The van der Waals surface area contributed by atoms with Crippen LogP contribution in [0.2, 0.25) is 0 Å². The Bertz CT molecular complexity index is 703. The molecule has 0 bridgehead atoms. The molecule has 1 fully saturated rings. The van der Waals surface area contributed by atoms with E-state index in [1.165, 1.54) is 12.8 Å². The van der Waals surface area contributed by atoms with Gasteiger partial charge in [0.2, 0.25) is 5.91 Å². The van der Waals surface area contributed by atoms with Gasteiger partial charge < -0.3 is 9.64 Å². The monoisotopic (exact) mass is 344 g/mol. The van der Waals surface area contributed by atoms with E-state index in [9.17, 15) is 4.79 Å². The zero-order valence-electron chi connectivity index (χ0n) is 14.4. The number of aryl methyl sites for hydroxylation is 1. The van der Waals surface area contributed by atoms with Crippen LogP contribution < -0.4 is 4.74 Å². The first-order valence-electron chi connectivity index (χ1n) is 8.56. The Hall–Kier alpha value is -1.88. The first kappa shape index (κ1) is 17.0. The van der Waals surface area contributed by atoms with Crippen LogP contribution in [0.4, 0.5) is 0 Å². The lowest BCUT2D eigenvalue weighted by molar-refractivity contribution is -0.130. The Morgan fingerprint density at radius 1 is 1.25 bits per heavy atom. The SMILES string of the molecule is COc1cccc(-c2nc(C)c(CC(=O)N3CCCCCC3)s2)c1. The van der Waals surface area contributed by atoms with Crippen LogP contribution in [0.25, 0.3) is 10.6 Å². The molecule has 1 aliphatic rings. The molecule has 3 rings (SSSR count). The van der Waals surface area contributed by atoms with E-state index in [1.54, 1.807) is 18.4 Å². The van der Waals surface area contributed by atoms with Gasteiger partial charge in [-0.2, -0.15) is 0 Å². The second-order valence-corrected chi connectivity index (χ2v) is 7.31. The Kier molecular flexibility index (Phi) is 5.51. The van der Waals surface area contributed by atoms with Crippen molar-refractivity contribution in [2.45, 2.75) is 39.0 Å². The normalized spacial score (nSPS) is 15.2. The van der Waals surface area contributed by atoms with E-state index in [1.807, 2.05) is 36.1 Å². The van der Waals surface area contributed by atoms with Crippen molar-refractivity contribution in [3.05, 3.63) is 34.8 Å². The molecule has 0 aliphatic carbocycles. The molecule has 1 aromatic heterocycles. The molecule has 24 heavy (non-hydrogen) atoms. The number of hydrogen-bond donors (Lipinski definition) is 0. The Morgan fingerprint density at radius 3 is 2.71 bits per heavy atom. The van der Waals surface area contributed by atoms with E-state index < -0.39 is 0 Å². The van der Waals surface area contributed by atoms with Gasteiger partial charge in [0.15, 0.2) is 0 Å². The van der Waals surface area contributed by atoms with E-state index >= 15 is 0 Å². The summed E-state index contributed by atoms with van der Waals surface area (Å²) >= 11 is 1.62. The highest BCUT2D eigenvalue weighted by Crippen LogP contribution is 2.30. The van der Waals surface area contributed by atoms with Gasteiger partial charge in [-0.15, -0.1) is 11.3 Å². The topological polar surface area (TPSA) is 42.4 Å². The number of likely N-dealkylation sites (tertiary alicyclic amines) is 1. The van der Waals surface area contributed by atoms with Crippen LogP contribution in [0.5, 0.6) is 5.75 Å². The van der Waals surface area contributed by atoms with E-state index in [2.05, 4.69) is 4.98 Å². The zero-order chi connectivity index (χ0) is 16.9. The van der Waals surface area contributed by atoms with Crippen molar-refractivity contribution < 1.29 is 9.53 Å². The fraction of sp³-hybridized carbons (Fsp3) is 0.474. The van der Waals surface area contributed by atoms with Gasteiger partial charge in [-0.05, 0) is 31.9 Å². The molecule has 128 valence electrons. The number of thiazole rings is 1. The minimum Gasteiger partial charge on any atom is -0.497 e. The van der Waals surface area contributed by atoms with E-state index in [0.29, 0.717) is 6.42 Å². The van der Waals surface area contributed by atoms with Crippen molar-refractivity contribution in [3.8, 4) is 16.3 Å². The van der Waals surface area contributed by atoms with Crippen molar-refractivity contribution in [3.63, 3.8) is 0 Å². The van der Waals surface area contributed by atoms with Crippen LogP contribution in [-0.4, -0.2) is 36.0 Å². The molecule has 0 radical (unpaired) electrons. The number of carbonyl (C=O) groups excluding carboxylic acids is 1. The summed E-state index contributed by atoms with van der Waals surface area (Å²) in [5.74, 6) is 1.06.